The minimum absolute atomic E-state index is 0.230. The van der Waals surface area contributed by atoms with Crippen molar-refractivity contribution in [2.45, 2.75) is 37.0 Å². The Labute approximate surface area is 198 Å². The lowest BCUT2D eigenvalue weighted by molar-refractivity contribution is -0.141. The fourth-order valence-electron chi connectivity index (χ4n) is 5.10. The van der Waals surface area contributed by atoms with Crippen molar-refractivity contribution in [2.75, 3.05) is 44.3 Å². The largest absolute Gasteiger partial charge is 0.381 e. The zero-order valence-corrected chi connectivity index (χ0v) is 19.2. The summed E-state index contributed by atoms with van der Waals surface area (Å²) in [7, 11) is 0. The van der Waals surface area contributed by atoms with Gasteiger partial charge in [-0.25, -0.2) is 4.98 Å². The molecule has 2 saturated heterocycles. The Balaban J connectivity index is 1.12. The van der Waals surface area contributed by atoms with Crippen LogP contribution in [0.4, 0.5) is 5.82 Å². The van der Waals surface area contributed by atoms with Gasteiger partial charge < -0.3 is 19.1 Å². The molecule has 2 aliphatic heterocycles. The van der Waals surface area contributed by atoms with Crippen molar-refractivity contribution in [3.05, 3.63) is 60.1 Å². The van der Waals surface area contributed by atoms with Gasteiger partial charge in [0.15, 0.2) is 0 Å². The molecular formula is C26H29N5O3. The van der Waals surface area contributed by atoms with Crippen LogP contribution in [0.15, 0.2) is 53.2 Å². The van der Waals surface area contributed by atoms with Gasteiger partial charge in [-0.05, 0) is 43.4 Å². The van der Waals surface area contributed by atoms with E-state index in [4.69, 9.17) is 9.26 Å². The molecule has 8 nitrogen and oxygen atoms in total. The maximum Gasteiger partial charge on any atom is 0.233 e. The number of benzene rings is 1. The van der Waals surface area contributed by atoms with Crippen LogP contribution < -0.4 is 4.90 Å². The van der Waals surface area contributed by atoms with Crippen molar-refractivity contribution in [1.29, 1.82) is 0 Å². The van der Waals surface area contributed by atoms with E-state index in [1.807, 2.05) is 35.2 Å². The molecule has 0 unspecified atom stereocenters. The number of carbonyl (C=O) groups is 1. The maximum absolute atomic E-state index is 13.8. The standard InChI is InChI=1S/C26H29N5O3/c32-25(26(10-16-33-17-11-26)21-4-2-1-3-5-21)31-14-12-30(13-15-31)22-9-8-20(18-27-22)23-28-24(34-29-23)19-6-7-19/h1-5,8-9,18-19H,6-7,10-17H2. The van der Waals surface area contributed by atoms with E-state index in [1.54, 1.807) is 6.20 Å². The smallest absolute Gasteiger partial charge is 0.233 e. The Morgan fingerprint density at radius 2 is 1.74 bits per heavy atom. The first-order chi connectivity index (χ1) is 16.7. The van der Waals surface area contributed by atoms with Crippen LogP contribution in [-0.4, -0.2) is 65.3 Å². The van der Waals surface area contributed by atoms with Crippen molar-refractivity contribution in [2.24, 2.45) is 0 Å². The Bertz CT molecular complexity index is 1130. The highest BCUT2D eigenvalue weighted by Gasteiger charge is 2.44. The van der Waals surface area contributed by atoms with Gasteiger partial charge in [0.25, 0.3) is 0 Å². The molecule has 0 bridgehead atoms. The number of nitrogens with zero attached hydrogens (tertiary/aromatic N) is 5. The molecule has 176 valence electrons. The number of pyridine rings is 1. The predicted octanol–water partition coefficient (Wildman–Crippen LogP) is 3.41. The van der Waals surface area contributed by atoms with Crippen LogP contribution in [0.5, 0.6) is 0 Å². The zero-order chi connectivity index (χ0) is 23.0. The highest BCUT2D eigenvalue weighted by atomic mass is 16.5. The molecule has 1 amide bonds. The first-order valence-corrected chi connectivity index (χ1v) is 12.2. The van der Waals surface area contributed by atoms with E-state index in [-0.39, 0.29) is 5.91 Å². The third-order valence-electron chi connectivity index (χ3n) is 7.35. The number of hydrogen-bond acceptors (Lipinski definition) is 7. The summed E-state index contributed by atoms with van der Waals surface area (Å²) in [5.74, 6) is 2.91. The lowest BCUT2D eigenvalue weighted by atomic mass is 9.73. The second-order valence-electron chi connectivity index (χ2n) is 9.48. The molecule has 6 rings (SSSR count). The quantitative estimate of drug-likeness (QED) is 0.578. The highest BCUT2D eigenvalue weighted by molar-refractivity contribution is 5.88. The van der Waals surface area contributed by atoms with Crippen LogP contribution in [0, 0.1) is 0 Å². The van der Waals surface area contributed by atoms with Crippen LogP contribution in [-0.2, 0) is 14.9 Å². The second-order valence-corrected chi connectivity index (χ2v) is 9.48. The fraction of sp³-hybridized carbons (Fsp3) is 0.462. The van der Waals surface area contributed by atoms with Crippen molar-refractivity contribution >= 4 is 11.7 Å². The van der Waals surface area contributed by atoms with Crippen molar-refractivity contribution in [3.63, 3.8) is 0 Å². The second kappa shape index (κ2) is 8.83. The van der Waals surface area contributed by atoms with Crippen molar-refractivity contribution in [3.8, 4) is 11.4 Å². The molecule has 0 N–H and O–H groups in total. The average Bonchev–Trinajstić information content (AvgIpc) is 3.65. The number of aromatic nitrogens is 3. The van der Waals surface area contributed by atoms with Gasteiger partial charge in [-0.1, -0.05) is 35.5 Å². The van der Waals surface area contributed by atoms with E-state index in [0.717, 1.165) is 61.6 Å². The first-order valence-electron chi connectivity index (χ1n) is 12.2. The number of anilines is 1. The summed E-state index contributed by atoms with van der Waals surface area (Å²) in [4.78, 5) is 27.2. The van der Waals surface area contributed by atoms with E-state index in [2.05, 4.69) is 32.2 Å². The molecule has 3 aromatic rings. The van der Waals surface area contributed by atoms with Crippen LogP contribution >= 0.6 is 0 Å². The van der Waals surface area contributed by atoms with Gasteiger partial charge in [-0.15, -0.1) is 0 Å². The Hall–Kier alpha value is -3.26. The zero-order valence-electron chi connectivity index (χ0n) is 19.2. The normalized spacial score (nSPS) is 20.4. The number of hydrogen-bond donors (Lipinski definition) is 0. The first kappa shape index (κ1) is 21.3. The number of carbonyl (C=O) groups excluding carboxylic acids is 1. The summed E-state index contributed by atoms with van der Waals surface area (Å²) < 4.78 is 11.0. The van der Waals surface area contributed by atoms with E-state index in [0.29, 0.717) is 38.0 Å². The SMILES string of the molecule is O=C(N1CCN(c2ccc(-c3noc(C4CC4)n3)cn2)CC1)C1(c2ccccc2)CCOCC1. The monoisotopic (exact) mass is 459 g/mol. The van der Waals surface area contributed by atoms with Crippen molar-refractivity contribution < 1.29 is 14.1 Å². The molecule has 1 aromatic carbocycles. The van der Waals surface area contributed by atoms with E-state index in [9.17, 15) is 4.79 Å². The summed E-state index contributed by atoms with van der Waals surface area (Å²) in [6.45, 7) is 4.14. The molecule has 4 heterocycles. The molecule has 34 heavy (non-hydrogen) atoms. The molecule has 2 aromatic heterocycles. The molecule has 0 atom stereocenters. The molecule has 3 aliphatic rings. The predicted molar refractivity (Wildman–Crippen MR) is 126 cm³/mol. The lowest BCUT2D eigenvalue weighted by Crippen LogP contribution is -2.56. The molecule has 3 fully saturated rings. The Kier molecular flexibility index (Phi) is 5.53. The summed E-state index contributed by atoms with van der Waals surface area (Å²) in [6.07, 6.45) is 5.54. The molecule has 1 saturated carbocycles. The van der Waals surface area contributed by atoms with Crippen molar-refractivity contribution in [1.82, 2.24) is 20.0 Å². The average molecular weight is 460 g/mol. The van der Waals surface area contributed by atoms with Gasteiger partial charge in [0.1, 0.15) is 5.82 Å². The number of piperazine rings is 1. The maximum atomic E-state index is 13.8. The third kappa shape index (κ3) is 3.96. The van der Waals surface area contributed by atoms with Gasteiger partial charge >= 0.3 is 0 Å². The number of amides is 1. The molecular weight excluding hydrogens is 430 g/mol. The summed E-state index contributed by atoms with van der Waals surface area (Å²) in [6, 6.07) is 14.2. The van der Waals surface area contributed by atoms with Crippen LogP contribution in [0.2, 0.25) is 0 Å². The van der Waals surface area contributed by atoms with E-state index in [1.165, 1.54) is 0 Å². The van der Waals surface area contributed by atoms with Gasteiger partial charge in [0.05, 0.1) is 5.41 Å². The summed E-state index contributed by atoms with van der Waals surface area (Å²) >= 11 is 0. The molecule has 8 heteroatoms. The molecule has 0 radical (unpaired) electrons. The number of rotatable bonds is 5. The minimum Gasteiger partial charge on any atom is -0.381 e. The molecule has 1 aliphatic carbocycles. The minimum atomic E-state index is -0.481. The third-order valence-corrected chi connectivity index (χ3v) is 7.35. The fourth-order valence-corrected chi connectivity index (χ4v) is 5.10. The number of ether oxygens (including phenoxy) is 1. The highest BCUT2D eigenvalue weighted by Crippen LogP contribution is 2.40. The van der Waals surface area contributed by atoms with Gasteiger partial charge in [-0.2, -0.15) is 4.98 Å². The Morgan fingerprint density at radius 3 is 2.41 bits per heavy atom. The summed E-state index contributed by atoms with van der Waals surface area (Å²) in [5, 5.41) is 4.10. The molecule has 0 spiro atoms. The van der Waals surface area contributed by atoms with Crippen LogP contribution in [0.3, 0.4) is 0 Å². The topological polar surface area (TPSA) is 84.6 Å². The van der Waals surface area contributed by atoms with Crippen LogP contribution in [0.1, 0.15) is 43.1 Å². The van der Waals surface area contributed by atoms with Crippen LogP contribution in [0.25, 0.3) is 11.4 Å². The summed E-state index contributed by atoms with van der Waals surface area (Å²) in [5.41, 5.74) is 1.48. The Morgan fingerprint density at radius 1 is 0.971 bits per heavy atom. The lowest BCUT2D eigenvalue weighted by Gasteiger charge is -2.43. The van der Waals surface area contributed by atoms with Gasteiger partial charge in [0.2, 0.25) is 17.6 Å². The van der Waals surface area contributed by atoms with Gasteiger partial charge in [0, 0.05) is 57.1 Å². The van der Waals surface area contributed by atoms with E-state index >= 15 is 0 Å². The van der Waals surface area contributed by atoms with E-state index < -0.39 is 5.41 Å². The van der Waals surface area contributed by atoms with Gasteiger partial charge in [-0.3, -0.25) is 4.79 Å².